The van der Waals surface area contributed by atoms with E-state index in [0.29, 0.717) is 0 Å². The van der Waals surface area contributed by atoms with Gasteiger partial charge in [0.25, 0.3) is 0 Å². The summed E-state index contributed by atoms with van der Waals surface area (Å²) in [5.41, 5.74) is 5.39. The lowest BCUT2D eigenvalue weighted by Gasteiger charge is -2.29. The van der Waals surface area contributed by atoms with Crippen LogP contribution in [-0.4, -0.2) is 6.61 Å². The van der Waals surface area contributed by atoms with E-state index in [0.717, 1.165) is 12.5 Å². The summed E-state index contributed by atoms with van der Waals surface area (Å²) >= 11 is 0. The Hall–Kier alpha value is -1.60. The molecule has 2 aromatic rings. The number of hydrogen-bond acceptors (Lipinski definition) is 1. The van der Waals surface area contributed by atoms with Crippen molar-refractivity contribution < 1.29 is 4.74 Å². The van der Waals surface area contributed by atoms with Crippen LogP contribution in [-0.2, 0) is 11.2 Å². The van der Waals surface area contributed by atoms with Gasteiger partial charge in [0.2, 0.25) is 0 Å². The highest BCUT2D eigenvalue weighted by Gasteiger charge is 2.22. The Morgan fingerprint density at radius 1 is 0.778 bits per heavy atom. The number of hydrogen-bond donors (Lipinski definition) is 0. The molecule has 1 aliphatic heterocycles. The third-order valence-corrected chi connectivity index (χ3v) is 5.97. The van der Waals surface area contributed by atoms with Crippen molar-refractivity contribution in [1.29, 1.82) is 0 Å². The van der Waals surface area contributed by atoms with Crippen molar-refractivity contribution in [2.24, 2.45) is 5.92 Å². The van der Waals surface area contributed by atoms with Gasteiger partial charge in [-0.3, -0.25) is 0 Å². The van der Waals surface area contributed by atoms with E-state index in [1.54, 1.807) is 0 Å². The summed E-state index contributed by atoms with van der Waals surface area (Å²) in [6, 6.07) is 18.1. The van der Waals surface area contributed by atoms with E-state index in [4.69, 9.17) is 4.74 Å². The zero-order valence-corrected chi connectivity index (χ0v) is 17.3. The van der Waals surface area contributed by atoms with Crippen LogP contribution < -0.4 is 0 Å². The summed E-state index contributed by atoms with van der Waals surface area (Å²) in [7, 11) is 0. The Labute approximate surface area is 166 Å². The first-order valence-electron chi connectivity index (χ1n) is 11.1. The molecule has 2 atom stereocenters. The van der Waals surface area contributed by atoms with E-state index in [1.807, 2.05) is 0 Å². The third kappa shape index (κ3) is 5.94. The van der Waals surface area contributed by atoms with Crippen molar-refractivity contribution >= 4 is 0 Å². The second kappa shape index (κ2) is 10.7. The van der Waals surface area contributed by atoms with Gasteiger partial charge in [-0.25, -0.2) is 0 Å². The fourth-order valence-corrected chi connectivity index (χ4v) is 4.11. The van der Waals surface area contributed by atoms with Gasteiger partial charge in [-0.2, -0.15) is 0 Å². The minimum atomic E-state index is 0.290. The summed E-state index contributed by atoms with van der Waals surface area (Å²) in [6.45, 7) is 5.46. The fourth-order valence-electron chi connectivity index (χ4n) is 4.11. The Morgan fingerprint density at radius 3 is 2.04 bits per heavy atom. The molecule has 146 valence electrons. The lowest BCUT2D eigenvalue weighted by Crippen LogP contribution is -2.20. The normalized spacial score (nSPS) is 19.9. The molecule has 27 heavy (non-hydrogen) atoms. The Balaban J connectivity index is 1.53. The van der Waals surface area contributed by atoms with Gasteiger partial charge in [0.05, 0.1) is 12.7 Å². The van der Waals surface area contributed by atoms with E-state index in [2.05, 4.69) is 62.4 Å². The highest BCUT2D eigenvalue weighted by Crippen LogP contribution is 2.33. The Morgan fingerprint density at radius 2 is 1.44 bits per heavy atom. The van der Waals surface area contributed by atoms with Gasteiger partial charge in [0.1, 0.15) is 0 Å². The summed E-state index contributed by atoms with van der Waals surface area (Å²) in [5.74, 6) is 0.776. The molecule has 0 N–H and O–H groups in total. The molecular formula is C26H36O. The number of ether oxygens (including phenoxy) is 1. The zero-order chi connectivity index (χ0) is 18.9. The average molecular weight is 365 g/mol. The Kier molecular flexibility index (Phi) is 7.95. The predicted molar refractivity (Wildman–Crippen MR) is 116 cm³/mol. The summed E-state index contributed by atoms with van der Waals surface area (Å²) in [6.07, 6.45) is 11.9. The summed E-state index contributed by atoms with van der Waals surface area (Å²) < 4.78 is 6.21. The van der Waals surface area contributed by atoms with E-state index < -0.39 is 0 Å². The van der Waals surface area contributed by atoms with Gasteiger partial charge in [-0.15, -0.1) is 0 Å². The summed E-state index contributed by atoms with van der Waals surface area (Å²) in [5, 5.41) is 0. The zero-order valence-electron chi connectivity index (χ0n) is 17.3. The van der Waals surface area contributed by atoms with E-state index in [9.17, 15) is 0 Å². The van der Waals surface area contributed by atoms with Crippen molar-refractivity contribution in [2.45, 2.75) is 77.7 Å². The second-order valence-corrected chi connectivity index (χ2v) is 8.18. The molecule has 1 aliphatic rings. The van der Waals surface area contributed by atoms with Crippen molar-refractivity contribution in [3.05, 3.63) is 59.7 Å². The maximum atomic E-state index is 6.21. The van der Waals surface area contributed by atoms with Gasteiger partial charge < -0.3 is 4.74 Å². The maximum absolute atomic E-state index is 6.21. The van der Waals surface area contributed by atoms with Crippen LogP contribution in [0, 0.1) is 5.92 Å². The van der Waals surface area contributed by atoms with Gasteiger partial charge in [-0.05, 0) is 60.3 Å². The first-order valence-corrected chi connectivity index (χ1v) is 11.1. The molecule has 2 aromatic carbocycles. The molecule has 2 unspecified atom stereocenters. The lowest BCUT2D eigenvalue weighted by molar-refractivity contribution is -0.0198. The highest BCUT2D eigenvalue weighted by atomic mass is 16.5. The van der Waals surface area contributed by atoms with Gasteiger partial charge >= 0.3 is 0 Å². The largest absolute Gasteiger partial charge is 0.373 e. The van der Waals surface area contributed by atoms with E-state index in [1.165, 1.54) is 80.0 Å². The van der Waals surface area contributed by atoms with Crippen LogP contribution in [0.25, 0.3) is 11.1 Å². The smallest absolute Gasteiger partial charge is 0.0825 e. The van der Waals surface area contributed by atoms with Gasteiger partial charge in [-0.1, -0.05) is 88.1 Å². The molecule has 0 spiro atoms. The standard InChI is InChI=1S/C26H36O/c1-3-5-7-9-22-12-19-26(27-20-22)25-17-15-24(16-18-25)23-13-10-21(11-14-23)8-6-4-2/h10-11,13-18,22,26H,3-9,12,19-20H2,1-2H3. The van der Waals surface area contributed by atoms with Crippen molar-refractivity contribution in [2.75, 3.05) is 6.61 Å². The van der Waals surface area contributed by atoms with Gasteiger partial charge in [0, 0.05) is 0 Å². The van der Waals surface area contributed by atoms with Crippen molar-refractivity contribution in [1.82, 2.24) is 0 Å². The van der Waals surface area contributed by atoms with E-state index >= 15 is 0 Å². The van der Waals surface area contributed by atoms with Crippen LogP contribution in [0.4, 0.5) is 0 Å². The first-order chi connectivity index (χ1) is 13.3. The number of unbranched alkanes of at least 4 members (excludes halogenated alkanes) is 3. The summed E-state index contributed by atoms with van der Waals surface area (Å²) in [4.78, 5) is 0. The SMILES string of the molecule is CCCCCC1CCC(c2ccc(-c3ccc(CCCC)cc3)cc2)OC1. The monoisotopic (exact) mass is 364 g/mol. The van der Waals surface area contributed by atoms with Crippen LogP contribution in [0.1, 0.15) is 82.4 Å². The predicted octanol–water partition coefficient (Wildman–Crippen LogP) is 7.74. The maximum Gasteiger partial charge on any atom is 0.0825 e. The van der Waals surface area contributed by atoms with Crippen LogP contribution in [0.3, 0.4) is 0 Å². The lowest BCUT2D eigenvalue weighted by atomic mass is 9.90. The quantitative estimate of drug-likeness (QED) is 0.413. The van der Waals surface area contributed by atoms with Crippen LogP contribution in [0.5, 0.6) is 0 Å². The number of aryl methyl sites for hydroxylation is 1. The molecule has 1 fully saturated rings. The molecule has 1 saturated heterocycles. The minimum Gasteiger partial charge on any atom is -0.373 e. The molecule has 0 radical (unpaired) electrons. The average Bonchev–Trinajstić information content (AvgIpc) is 2.73. The van der Waals surface area contributed by atoms with Crippen LogP contribution >= 0.6 is 0 Å². The van der Waals surface area contributed by atoms with Crippen molar-refractivity contribution in [3.8, 4) is 11.1 Å². The number of rotatable bonds is 9. The van der Waals surface area contributed by atoms with Crippen LogP contribution in [0.2, 0.25) is 0 Å². The minimum absolute atomic E-state index is 0.290. The second-order valence-electron chi connectivity index (χ2n) is 8.18. The molecule has 1 heteroatoms. The Bertz CT molecular complexity index is 648. The third-order valence-electron chi connectivity index (χ3n) is 5.97. The molecule has 0 aliphatic carbocycles. The molecule has 1 nitrogen and oxygen atoms in total. The molecule has 1 heterocycles. The van der Waals surface area contributed by atoms with Gasteiger partial charge in [0.15, 0.2) is 0 Å². The molecule has 0 saturated carbocycles. The van der Waals surface area contributed by atoms with Crippen molar-refractivity contribution in [3.63, 3.8) is 0 Å². The van der Waals surface area contributed by atoms with E-state index in [-0.39, 0.29) is 6.10 Å². The van der Waals surface area contributed by atoms with Crippen LogP contribution in [0.15, 0.2) is 48.5 Å². The topological polar surface area (TPSA) is 9.23 Å². The molecule has 0 bridgehead atoms. The molecule has 0 amide bonds. The first kappa shape index (κ1) is 20.1. The molecule has 3 rings (SSSR count). The fraction of sp³-hybridized carbons (Fsp3) is 0.538. The molecular weight excluding hydrogens is 328 g/mol. The highest BCUT2D eigenvalue weighted by molar-refractivity contribution is 5.64. The number of benzene rings is 2. The molecule has 0 aromatic heterocycles.